The van der Waals surface area contributed by atoms with Gasteiger partial charge >= 0.3 is 12.0 Å². The maximum atomic E-state index is 12.7. The fourth-order valence-corrected chi connectivity index (χ4v) is 3.79. The lowest BCUT2D eigenvalue weighted by Crippen LogP contribution is -2.41. The summed E-state index contributed by atoms with van der Waals surface area (Å²) in [7, 11) is 4.48. The van der Waals surface area contributed by atoms with Gasteiger partial charge in [-0.3, -0.25) is 9.59 Å². The van der Waals surface area contributed by atoms with Gasteiger partial charge in [0.2, 0.25) is 11.7 Å². The van der Waals surface area contributed by atoms with Gasteiger partial charge in [0.1, 0.15) is 0 Å². The predicted molar refractivity (Wildman–Crippen MR) is 103 cm³/mol. The van der Waals surface area contributed by atoms with Crippen LogP contribution in [0, 0.1) is 5.92 Å². The van der Waals surface area contributed by atoms with E-state index in [1.165, 1.54) is 21.3 Å². The largest absolute Gasteiger partial charge is 0.493 e. The van der Waals surface area contributed by atoms with Crippen molar-refractivity contribution in [2.45, 2.75) is 18.9 Å². The molecule has 1 aromatic rings. The monoisotopic (exact) mass is 407 g/mol. The first-order valence-electron chi connectivity index (χ1n) is 9.26. The second-order valence-corrected chi connectivity index (χ2v) is 7.02. The van der Waals surface area contributed by atoms with Gasteiger partial charge in [-0.05, 0) is 6.42 Å². The number of carboxylic acids is 1. The number of urea groups is 1. The first-order valence-corrected chi connectivity index (χ1v) is 9.26. The number of likely N-dealkylation sites (tertiary alicyclic amines) is 2. The summed E-state index contributed by atoms with van der Waals surface area (Å²) in [4.78, 5) is 39.2. The van der Waals surface area contributed by atoms with Crippen LogP contribution in [-0.2, 0) is 9.59 Å². The molecule has 0 saturated carbocycles. The lowest BCUT2D eigenvalue weighted by Gasteiger charge is -2.24. The van der Waals surface area contributed by atoms with E-state index in [0.717, 1.165) is 0 Å². The summed E-state index contributed by atoms with van der Waals surface area (Å²) in [5.41, 5.74) is 0.483. The number of methoxy groups -OCH3 is 3. The Balaban J connectivity index is 1.65. The third-order valence-electron chi connectivity index (χ3n) is 5.32. The van der Waals surface area contributed by atoms with E-state index < -0.39 is 11.9 Å². The number of amides is 3. The molecule has 2 saturated heterocycles. The summed E-state index contributed by atoms with van der Waals surface area (Å²) in [6.07, 6.45) is 0.629. The Morgan fingerprint density at radius 3 is 2.28 bits per heavy atom. The van der Waals surface area contributed by atoms with Crippen LogP contribution in [0.5, 0.6) is 17.2 Å². The van der Waals surface area contributed by atoms with Gasteiger partial charge in [-0.2, -0.15) is 0 Å². The number of ether oxygens (including phenoxy) is 3. The van der Waals surface area contributed by atoms with Gasteiger partial charge in [-0.25, -0.2) is 4.79 Å². The predicted octanol–water partition coefficient (Wildman–Crippen LogP) is 1.25. The van der Waals surface area contributed by atoms with Crippen molar-refractivity contribution < 1.29 is 33.7 Å². The van der Waals surface area contributed by atoms with Crippen LogP contribution in [0.1, 0.15) is 12.8 Å². The molecule has 0 aliphatic carbocycles. The van der Waals surface area contributed by atoms with E-state index >= 15 is 0 Å². The highest BCUT2D eigenvalue weighted by Gasteiger charge is 2.41. The molecule has 1 aromatic carbocycles. The van der Waals surface area contributed by atoms with Crippen LogP contribution >= 0.6 is 0 Å². The van der Waals surface area contributed by atoms with Crippen LogP contribution in [0.2, 0.25) is 0 Å². The zero-order valence-corrected chi connectivity index (χ0v) is 16.6. The van der Waals surface area contributed by atoms with Crippen LogP contribution in [0.3, 0.4) is 0 Å². The normalized spacial score (nSPS) is 21.3. The van der Waals surface area contributed by atoms with Crippen molar-refractivity contribution in [2.75, 3.05) is 46.3 Å². The minimum absolute atomic E-state index is 0.0173. The minimum Gasteiger partial charge on any atom is -0.493 e. The number of nitrogens with one attached hydrogen (secondary N) is 1. The van der Waals surface area contributed by atoms with E-state index in [-0.39, 0.29) is 30.9 Å². The Kier molecular flexibility index (Phi) is 6.00. The van der Waals surface area contributed by atoms with Crippen LogP contribution < -0.4 is 19.5 Å². The lowest BCUT2D eigenvalue weighted by atomic mass is 10.1. The van der Waals surface area contributed by atoms with Crippen molar-refractivity contribution in [2.24, 2.45) is 5.92 Å². The number of hydrogen-bond acceptors (Lipinski definition) is 6. The van der Waals surface area contributed by atoms with Crippen molar-refractivity contribution in [1.82, 2.24) is 9.80 Å². The van der Waals surface area contributed by atoms with Crippen LogP contribution in [0.4, 0.5) is 10.5 Å². The van der Waals surface area contributed by atoms with Crippen LogP contribution in [0.25, 0.3) is 0 Å². The average molecular weight is 407 g/mol. The van der Waals surface area contributed by atoms with E-state index in [4.69, 9.17) is 19.3 Å². The number of benzene rings is 1. The molecule has 3 amide bonds. The number of carbonyl (C=O) groups is 3. The highest BCUT2D eigenvalue weighted by atomic mass is 16.5. The minimum atomic E-state index is -0.962. The number of hydrogen-bond donors (Lipinski definition) is 2. The quantitative estimate of drug-likeness (QED) is 0.729. The Morgan fingerprint density at radius 1 is 1.10 bits per heavy atom. The second kappa shape index (κ2) is 8.46. The fraction of sp³-hybridized carbons (Fsp3) is 0.526. The van der Waals surface area contributed by atoms with Gasteiger partial charge in [0.05, 0.1) is 39.0 Å². The molecule has 2 heterocycles. The summed E-state index contributed by atoms with van der Waals surface area (Å²) in [5.74, 6) is -0.544. The van der Waals surface area contributed by atoms with Gasteiger partial charge in [0.25, 0.3) is 0 Å². The first-order chi connectivity index (χ1) is 13.9. The summed E-state index contributed by atoms with van der Waals surface area (Å²) in [5, 5.41) is 11.9. The molecule has 0 aromatic heterocycles. The van der Waals surface area contributed by atoms with E-state index in [9.17, 15) is 14.4 Å². The van der Waals surface area contributed by atoms with Gasteiger partial charge in [-0.1, -0.05) is 0 Å². The zero-order chi connectivity index (χ0) is 21.1. The maximum absolute atomic E-state index is 12.7. The molecule has 0 spiro atoms. The molecule has 0 radical (unpaired) electrons. The van der Waals surface area contributed by atoms with Crippen LogP contribution in [-0.4, -0.2) is 79.8 Å². The highest BCUT2D eigenvalue weighted by molar-refractivity contribution is 5.91. The fourth-order valence-electron chi connectivity index (χ4n) is 3.79. The molecule has 2 aliphatic heterocycles. The highest BCUT2D eigenvalue weighted by Crippen LogP contribution is 2.40. The number of carbonyl (C=O) groups excluding carboxylic acids is 2. The van der Waals surface area contributed by atoms with Crippen molar-refractivity contribution >= 4 is 23.6 Å². The smallest absolute Gasteiger partial charge is 0.321 e. The van der Waals surface area contributed by atoms with Crippen molar-refractivity contribution in [3.8, 4) is 17.2 Å². The summed E-state index contributed by atoms with van der Waals surface area (Å²) < 4.78 is 15.9. The Bertz CT molecular complexity index is 788. The Morgan fingerprint density at radius 2 is 1.76 bits per heavy atom. The van der Waals surface area contributed by atoms with Gasteiger partial charge in [0.15, 0.2) is 11.5 Å². The maximum Gasteiger partial charge on any atom is 0.321 e. The van der Waals surface area contributed by atoms with Gasteiger partial charge < -0.3 is 34.4 Å². The molecule has 158 valence electrons. The Hall–Kier alpha value is -3.17. The SMILES string of the molecule is COc1cc(NC(=O)N2CCC(N3CC(C(=O)O)CC3=O)C2)cc(OC)c1OC. The molecule has 29 heavy (non-hydrogen) atoms. The number of aliphatic carboxylic acids is 1. The van der Waals surface area contributed by atoms with E-state index in [1.54, 1.807) is 21.9 Å². The molecule has 2 N–H and O–H groups in total. The number of carboxylic acid groups (broad SMARTS) is 1. The molecule has 2 aliphatic rings. The molecular formula is C19H25N3O7. The molecule has 2 fully saturated rings. The first kappa shape index (κ1) is 20.6. The number of rotatable bonds is 6. The van der Waals surface area contributed by atoms with Crippen molar-refractivity contribution in [3.05, 3.63) is 12.1 Å². The second-order valence-electron chi connectivity index (χ2n) is 7.02. The standard InChI is InChI=1S/C19H25N3O7/c1-27-14-7-12(8-15(28-2)17(14)29-3)20-19(26)21-5-4-13(10-21)22-9-11(18(24)25)6-16(22)23/h7-8,11,13H,4-6,9-10H2,1-3H3,(H,20,26)(H,24,25). The summed E-state index contributed by atoms with van der Waals surface area (Å²) in [6, 6.07) is 2.78. The zero-order valence-electron chi connectivity index (χ0n) is 16.6. The number of nitrogens with zero attached hydrogens (tertiary/aromatic N) is 2. The summed E-state index contributed by atoms with van der Waals surface area (Å²) >= 11 is 0. The summed E-state index contributed by atoms with van der Waals surface area (Å²) in [6.45, 7) is 1.03. The lowest BCUT2D eigenvalue weighted by molar-refractivity contribution is -0.141. The van der Waals surface area contributed by atoms with E-state index in [1.807, 2.05) is 0 Å². The van der Waals surface area contributed by atoms with E-state index in [0.29, 0.717) is 42.4 Å². The number of anilines is 1. The van der Waals surface area contributed by atoms with Gasteiger partial charge in [-0.15, -0.1) is 0 Å². The Labute approximate surface area is 168 Å². The molecule has 2 unspecified atom stereocenters. The molecular weight excluding hydrogens is 382 g/mol. The molecule has 10 heteroatoms. The van der Waals surface area contributed by atoms with Crippen molar-refractivity contribution in [1.29, 1.82) is 0 Å². The molecule has 2 atom stereocenters. The van der Waals surface area contributed by atoms with Crippen LogP contribution in [0.15, 0.2) is 12.1 Å². The van der Waals surface area contributed by atoms with Gasteiger partial charge in [0, 0.05) is 38.2 Å². The van der Waals surface area contributed by atoms with Crippen molar-refractivity contribution in [3.63, 3.8) is 0 Å². The third kappa shape index (κ3) is 4.15. The topological polar surface area (TPSA) is 118 Å². The van der Waals surface area contributed by atoms with E-state index in [2.05, 4.69) is 5.32 Å². The average Bonchev–Trinajstić information content (AvgIpc) is 3.33. The molecule has 10 nitrogen and oxygen atoms in total. The molecule has 3 rings (SSSR count). The third-order valence-corrected chi connectivity index (χ3v) is 5.32. The molecule has 0 bridgehead atoms.